The minimum absolute atomic E-state index is 0.0553. The van der Waals surface area contributed by atoms with Crippen molar-refractivity contribution in [3.8, 4) is 5.75 Å². The molecule has 130 valence electrons. The van der Waals surface area contributed by atoms with Crippen molar-refractivity contribution in [3.63, 3.8) is 0 Å². The van der Waals surface area contributed by atoms with Gasteiger partial charge in [-0.05, 0) is 47.6 Å². The highest BCUT2D eigenvalue weighted by atomic mass is 16.5. The van der Waals surface area contributed by atoms with Crippen LogP contribution < -0.4 is 4.74 Å². The molecule has 1 fully saturated rings. The zero-order chi connectivity index (χ0) is 17.7. The van der Waals surface area contributed by atoms with E-state index in [4.69, 9.17) is 4.74 Å². The lowest BCUT2D eigenvalue weighted by atomic mass is 9.56. The van der Waals surface area contributed by atoms with Crippen molar-refractivity contribution in [2.45, 2.75) is 52.1 Å². The van der Waals surface area contributed by atoms with Crippen LogP contribution in [0.15, 0.2) is 48.5 Å². The molecule has 1 saturated carbocycles. The Balaban J connectivity index is 1.65. The number of hydrogen-bond donors (Lipinski definition) is 0. The van der Waals surface area contributed by atoms with Gasteiger partial charge in [-0.25, -0.2) is 0 Å². The molecule has 0 N–H and O–H groups in total. The van der Waals surface area contributed by atoms with E-state index in [-0.39, 0.29) is 16.7 Å². The summed E-state index contributed by atoms with van der Waals surface area (Å²) in [7, 11) is 0. The summed E-state index contributed by atoms with van der Waals surface area (Å²) in [6, 6.07) is 16.3. The van der Waals surface area contributed by atoms with E-state index in [0.717, 1.165) is 29.7 Å². The second-order valence-electron chi connectivity index (χ2n) is 8.54. The number of carbonyl (C=O) groups is 1. The highest BCUT2D eigenvalue weighted by Crippen LogP contribution is 2.58. The molecule has 2 aliphatic rings. The van der Waals surface area contributed by atoms with Gasteiger partial charge in [0.05, 0.1) is 0 Å². The summed E-state index contributed by atoms with van der Waals surface area (Å²) in [6.07, 6.45) is 3.40. The number of benzene rings is 2. The van der Waals surface area contributed by atoms with Gasteiger partial charge in [0.15, 0.2) is 5.78 Å². The second-order valence-corrected chi connectivity index (χ2v) is 8.54. The molecule has 0 radical (unpaired) electrons. The largest absolute Gasteiger partial charge is 0.489 e. The van der Waals surface area contributed by atoms with Crippen molar-refractivity contribution in [3.05, 3.63) is 65.2 Å². The molecule has 0 spiro atoms. The van der Waals surface area contributed by atoms with Gasteiger partial charge in [-0.15, -0.1) is 0 Å². The number of Topliss-reactive ketones (excluding diaryl/α,β-unsaturated/α-hetero) is 1. The number of fused-ring (bicyclic) bond motifs is 3. The number of carbonyl (C=O) groups excluding carboxylic acids is 1. The van der Waals surface area contributed by atoms with Crippen LogP contribution in [0, 0.1) is 11.3 Å². The Morgan fingerprint density at radius 3 is 2.56 bits per heavy atom. The van der Waals surface area contributed by atoms with E-state index in [2.05, 4.69) is 39.0 Å². The Hall–Kier alpha value is -2.09. The molecule has 2 heteroatoms. The van der Waals surface area contributed by atoms with Gasteiger partial charge in [-0.2, -0.15) is 0 Å². The molecule has 0 heterocycles. The Morgan fingerprint density at radius 1 is 1.04 bits per heavy atom. The molecule has 2 aromatic carbocycles. The Morgan fingerprint density at radius 2 is 1.80 bits per heavy atom. The van der Waals surface area contributed by atoms with Gasteiger partial charge in [-0.3, -0.25) is 4.79 Å². The first-order valence-electron chi connectivity index (χ1n) is 9.27. The molecule has 0 bridgehead atoms. The quantitative estimate of drug-likeness (QED) is 0.736. The van der Waals surface area contributed by atoms with Crippen LogP contribution in [-0.4, -0.2) is 5.78 Å². The summed E-state index contributed by atoms with van der Waals surface area (Å²) < 4.78 is 6.02. The lowest BCUT2D eigenvalue weighted by Crippen LogP contribution is -2.44. The predicted octanol–water partition coefficient (Wildman–Crippen LogP) is 5.55. The molecule has 0 aliphatic heterocycles. The molecular formula is C23H26O2. The first-order chi connectivity index (χ1) is 11.9. The fourth-order valence-electron chi connectivity index (χ4n) is 5.19. The van der Waals surface area contributed by atoms with Crippen LogP contribution in [-0.2, 0) is 12.0 Å². The molecule has 2 unspecified atom stereocenters. The summed E-state index contributed by atoms with van der Waals surface area (Å²) in [5.74, 6) is 1.28. The first-order valence-corrected chi connectivity index (χ1v) is 9.27. The Bertz CT molecular complexity index is 806. The Labute approximate surface area is 150 Å². The maximum Gasteiger partial charge on any atom is 0.167 e. The van der Waals surface area contributed by atoms with E-state index in [0.29, 0.717) is 12.4 Å². The highest BCUT2D eigenvalue weighted by molar-refractivity contribution is 6.04. The maximum absolute atomic E-state index is 13.1. The molecule has 2 aromatic rings. The highest BCUT2D eigenvalue weighted by Gasteiger charge is 2.56. The average Bonchev–Trinajstić information content (AvgIpc) is 2.82. The topological polar surface area (TPSA) is 26.3 Å². The van der Waals surface area contributed by atoms with Gasteiger partial charge in [0.1, 0.15) is 12.4 Å². The molecule has 0 aromatic heterocycles. The van der Waals surface area contributed by atoms with E-state index in [9.17, 15) is 4.79 Å². The zero-order valence-electron chi connectivity index (χ0n) is 15.3. The molecule has 0 saturated heterocycles. The molecule has 25 heavy (non-hydrogen) atoms. The summed E-state index contributed by atoms with van der Waals surface area (Å²) in [5, 5.41) is 0. The van der Waals surface area contributed by atoms with Crippen LogP contribution in [0.3, 0.4) is 0 Å². The van der Waals surface area contributed by atoms with Gasteiger partial charge in [-0.1, -0.05) is 57.5 Å². The van der Waals surface area contributed by atoms with Crippen molar-refractivity contribution in [1.82, 2.24) is 0 Å². The summed E-state index contributed by atoms with van der Waals surface area (Å²) in [5.41, 5.74) is 3.27. The van der Waals surface area contributed by atoms with Gasteiger partial charge >= 0.3 is 0 Å². The third kappa shape index (κ3) is 2.59. The third-order valence-corrected chi connectivity index (χ3v) is 6.32. The molecule has 2 aliphatic carbocycles. The second kappa shape index (κ2) is 5.72. The van der Waals surface area contributed by atoms with Crippen molar-refractivity contribution in [2.24, 2.45) is 11.3 Å². The number of ketones is 1. The van der Waals surface area contributed by atoms with E-state index in [1.165, 1.54) is 12.0 Å². The lowest BCUT2D eigenvalue weighted by Gasteiger charge is -2.46. The summed E-state index contributed by atoms with van der Waals surface area (Å²) in [4.78, 5) is 13.1. The first kappa shape index (κ1) is 16.4. The minimum Gasteiger partial charge on any atom is -0.489 e. The van der Waals surface area contributed by atoms with Crippen LogP contribution in [0.1, 0.15) is 61.5 Å². The molecular weight excluding hydrogens is 308 g/mol. The third-order valence-electron chi connectivity index (χ3n) is 6.32. The standard InChI is InChI=1S/C23H26O2/c1-22(2)12-7-13-23(3)19-14-17(10-11-18(19)20(24)21(22)23)25-15-16-8-5-4-6-9-16/h4-6,8-11,14,21H,7,12-13,15H2,1-3H3. The maximum atomic E-state index is 13.1. The normalized spacial score (nSPS) is 26.8. The molecule has 4 rings (SSSR count). The van der Waals surface area contributed by atoms with Crippen molar-refractivity contribution >= 4 is 5.78 Å². The van der Waals surface area contributed by atoms with Gasteiger partial charge < -0.3 is 4.74 Å². The lowest BCUT2D eigenvalue weighted by molar-refractivity contribution is 0.0500. The zero-order valence-corrected chi connectivity index (χ0v) is 15.3. The van der Waals surface area contributed by atoms with Crippen LogP contribution in [0.2, 0.25) is 0 Å². The number of ether oxygens (including phenoxy) is 1. The average molecular weight is 334 g/mol. The SMILES string of the molecule is CC1(C)CCCC2(C)c3cc(OCc4ccccc4)ccc3C(=O)C12. The van der Waals surface area contributed by atoms with Crippen molar-refractivity contribution in [1.29, 1.82) is 0 Å². The molecule has 0 amide bonds. The molecule has 2 atom stereocenters. The van der Waals surface area contributed by atoms with Crippen LogP contribution in [0.5, 0.6) is 5.75 Å². The fourth-order valence-corrected chi connectivity index (χ4v) is 5.19. The van der Waals surface area contributed by atoms with Crippen LogP contribution in [0.25, 0.3) is 0 Å². The summed E-state index contributed by atoms with van der Waals surface area (Å²) in [6.45, 7) is 7.35. The van der Waals surface area contributed by atoms with Gasteiger partial charge in [0.25, 0.3) is 0 Å². The summed E-state index contributed by atoms with van der Waals surface area (Å²) >= 11 is 0. The molecule has 2 nitrogen and oxygen atoms in total. The van der Waals surface area contributed by atoms with Crippen molar-refractivity contribution in [2.75, 3.05) is 0 Å². The van der Waals surface area contributed by atoms with E-state index >= 15 is 0 Å². The van der Waals surface area contributed by atoms with Crippen LogP contribution in [0.4, 0.5) is 0 Å². The van der Waals surface area contributed by atoms with Crippen molar-refractivity contribution < 1.29 is 9.53 Å². The van der Waals surface area contributed by atoms with E-state index in [1.54, 1.807) is 0 Å². The van der Waals surface area contributed by atoms with Gasteiger partial charge in [0, 0.05) is 16.9 Å². The number of hydrogen-bond acceptors (Lipinski definition) is 2. The fraction of sp³-hybridized carbons (Fsp3) is 0.435. The van der Waals surface area contributed by atoms with Gasteiger partial charge in [0.2, 0.25) is 0 Å². The predicted molar refractivity (Wildman–Crippen MR) is 100 cm³/mol. The van der Waals surface area contributed by atoms with Crippen LogP contribution >= 0.6 is 0 Å². The number of rotatable bonds is 3. The monoisotopic (exact) mass is 334 g/mol. The Kier molecular flexibility index (Phi) is 3.75. The smallest absolute Gasteiger partial charge is 0.167 e. The van der Waals surface area contributed by atoms with E-state index < -0.39 is 0 Å². The minimum atomic E-state index is -0.0553. The van der Waals surface area contributed by atoms with E-state index in [1.807, 2.05) is 30.3 Å².